The topological polar surface area (TPSA) is 73.9 Å². The Morgan fingerprint density at radius 1 is 1.22 bits per heavy atom. The van der Waals surface area contributed by atoms with Gasteiger partial charge in [-0.2, -0.15) is 0 Å². The van der Waals surface area contributed by atoms with Crippen LogP contribution in [0, 0.1) is 0 Å². The molecule has 0 spiro atoms. The summed E-state index contributed by atoms with van der Waals surface area (Å²) < 4.78 is 16.4. The maximum atomic E-state index is 12.7. The second-order valence-corrected chi connectivity index (χ2v) is 6.76. The molecule has 1 rings (SSSR count). The van der Waals surface area contributed by atoms with Crippen molar-refractivity contribution in [3.05, 3.63) is 23.8 Å². The number of esters is 1. The van der Waals surface area contributed by atoms with E-state index in [1.165, 1.54) is 7.11 Å². The normalized spacial score (nSPS) is 14.1. The largest absolute Gasteiger partial charge is 0.490 e. The van der Waals surface area contributed by atoms with Crippen molar-refractivity contribution in [1.29, 1.82) is 0 Å². The van der Waals surface area contributed by atoms with Gasteiger partial charge in [-0.15, -0.1) is 0 Å². The van der Waals surface area contributed by atoms with E-state index in [4.69, 9.17) is 14.2 Å². The number of anilines is 1. The average molecular weight is 379 g/mol. The molecule has 0 aromatic heterocycles. The van der Waals surface area contributed by atoms with E-state index in [0.29, 0.717) is 23.4 Å². The van der Waals surface area contributed by atoms with Gasteiger partial charge >= 0.3 is 5.97 Å². The number of hydrogen-bond acceptors (Lipinski definition) is 5. The minimum absolute atomic E-state index is 0.0376. The Morgan fingerprint density at radius 3 is 2.48 bits per heavy atom. The number of amides is 1. The molecule has 0 bridgehead atoms. The van der Waals surface area contributed by atoms with Crippen LogP contribution in [-0.4, -0.2) is 37.3 Å². The minimum Gasteiger partial charge on any atom is -0.490 e. The van der Waals surface area contributed by atoms with Crippen LogP contribution in [0.4, 0.5) is 5.69 Å². The summed E-state index contributed by atoms with van der Waals surface area (Å²) in [5.74, 6) is -0.280. The van der Waals surface area contributed by atoms with Crippen LogP contribution in [0.3, 0.4) is 0 Å². The summed E-state index contributed by atoms with van der Waals surface area (Å²) in [6.45, 7) is 9.78. The van der Waals surface area contributed by atoms with E-state index in [1.807, 2.05) is 13.8 Å². The summed E-state index contributed by atoms with van der Waals surface area (Å²) in [5, 5.41) is 2.85. The van der Waals surface area contributed by atoms with Gasteiger partial charge in [0.1, 0.15) is 16.9 Å². The van der Waals surface area contributed by atoms with Gasteiger partial charge in [0.15, 0.2) is 0 Å². The van der Waals surface area contributed by atoms with Gasteiger partial charge in [0.05, 0.1) is 12.7 Å². The van der Waals surface area contributed by atoms with Gasteiger partial charge in [0.25, 0.3) is 5.91 Å². The van der Waals surface area contributed by atoms with E-state index < -0.39 is 11.6 Å². The summed E-state index contributed by atoms with van der Waals surface area (Å²) in [4.78, 5) is 25.0. The van der Waals surface area contributed by atoms with Crippen LogP contribution in [0.25, 0.3) is 0 Å². The Morgan fingerprint density at radius 2 is 1.93 bits per heavy atom. The van der Waals surface area contributed by atoms with Crippen molar-refractivity contribution in [1.82, 2.24) is 0 Å². The van der Waals surface area contributed by atoms with Crippen molar-refractivity contribution in [2.75, 3.05) is 19.0 Å². The van der Waals surface area contributed by atoms with Crippen LogP contribution in [0.15, 0.2) is 18.2 Å². The zero-order chi connectivity index (χ0) is 20.4. The van der Waals surface area contributed by atoms with E-state index in [1.54, 1.807) is 32.0 Å². The highest BCUT2D eigenvalue weighted by Gasteiger charge is 2.32. The molecular formula is C21H33NO5. The predicted molar refractivity (Wildman–Crippen MR) is 106 cm³/mol. The monoisotopic (exact) mass is 379 g/mol. The highest BCUT2D eigenvalue weighted by molar-refractivity contribution is 5.99. The summed E-state index contributed by atoms with van der Waals surface area (Å²) in [6, 6.07) is 4.99. The number of carbonyl (C=O) groups is 2. The van der Waals surface area contributed by atoms with E-state index in [0.717, 1.165) is 19.3 Å². The molecule has 0 aliphatic heterocycles. The molecule has 2 unspecified atom stereocenters. The zero-order valence-electron chi connectivity index (χ0n) is 17.4. The first-order valence-electron chi connectivity index (χ1n) is 9.65. The summed E-state index contributed by atoms with van der Waals surface area (Å²) >= 11 is 0. The molecular weight excluding hydrogens is 346 g/mol. The second kappa shape index (κ2) is 10.9. The van der Waals surface area contributed by atoms with Crippen molar-refractivity contribution in [3.8, 4) is 5.75 Å². The van der Waals surface area contributed by atoms with Crippen LogP contribution in [-0.2, 0) is 14.3 Å². The molecule has 0 radical (unpaired) electrons. The highest BCUT2D eigenvalue weighted by Crippen LogP contribution is 2.27. The van der Waals surface area contributed by atoms with Crippen molar-refractivity contribution in [2.24, 2.45) is 0 Å². The fraction of sp³-hybridized carbons (Fsp3) is 0.619. The lowest BCUT2D eigenvalue weighted by Gasteiger charge is -2.27. The highest BCUT2D eigenvalue weighted by atomic mass is 16.5. The minimum atomic E-state index is -0.925. The van der Waals surface area contributed by atoms with E-state index >= 15 is 0 Å². The molecule has 1 N–H and O–H groups in total. The van der Waals surface area contributed by atoms with Gasteiger partial charge in [0.2, 0.25) is 0 Å². The molecule has 0 heterocycles. The standard InChI is InChI=1S/C21H33NO5/c1-7-10-13-21(5,25-6)20(24)22-16-11-12-18(27-15(4)8-2)17(14-16)19(23)26-9-3/h11-12,14-15H,7-10,13H2,1-6H3,(H,22,24). The molecule has 0 aliphatic carbocycles. The van der Waals surface area contributed by atoms with Crippen molar-refractivity contribution in [2.45, 2.75) is 72.0 Å². The Labute approximate surface area is 162 Å². The quantitative estimate of drug-likeness (QED) is 0.570. The summed E-state index contributed by atoms with van der Waals surface area (Å²) in [6.07, 6.45) is 3.24. The van der Waals surface area contributed by atoms with Crippen molar-refractivity contribution < 1.29 is 23.8 Å². The number of nitrogens with one attached hydrogen (secondary N) is 1. The van der Waals surface area contributed by atoms with Crippen LogP contribution >= 0.6 is 0 Å². The third-order valence-corrected chi connectivity index (χ3v) is 4.57. The SMILES string of the molecule is CCCCC(C)(OC)C(=O)Nc1ccc(OC(C)CC)c(C(=O)OCC)c1. The number of hydrogen-bond donors (Lipinski definition) is 1. The van der Waals surface area contributed by atoms with E-state index in [2.05, 4.69) is 12.2 Å². The van der Waals surface area contributed by atoms with Gasteiger partial charge in [-0.1, -0.05) is 26.7 Å². The van der Waals surface area contributed by atoms with Crippen molar-refractivity contribution in [3.63, 3.8) is 0 Å². The predicted octanol–water partition coefficient (Wildman–Crippen LogP) is 4.57. The molecule has 1 amide bonds. The summed E-state index contributed by atoms with van der Waals surface area (Å²) in [7, 11) is 1.53. The number of benzene rings is 1. The molecule has 27 heavy (non-hydrogen) atoms. The van der Waals surface area contributed by atoms with Gasteiger partial charge in [-0.05, 0) is 51.8 Å². The van der Waals surface area contributed by atoms with E-state index in [9.17, 15) is 9.59 Å². The molecule has 1 aromatic rings. The Balaban J connectivity index is 3.09. The number of carbonyl (C=O) groups excluding carboxylic acids is 2. The molecule has 152 valence electrons. The Bertz CT molecular complexity index is 631. The third kappa shape index (κ3) is 6.54. The van der Waals surface area contributed by atoms with Gasteiger partial charge in [-0.3, -0.25) is 4.79 Å². The van der Waals surface area contributed by atoms with Crippen LogP contribution < -0.4 is 10.1 Å². The second-order valence-electron chi connectivity index (χ2n) is 6.76. The first-order chi connectivity index (χ1) is 12.8. The number of rotatable bonds is 11. The molecule has 2 atom stereocenters. The maximum absolute atomic E-state index is 12.7. The lowest BCUT2D eigenvalue weighted by molar-refractivity contribution is -0.136. The molecule has 0 aliphatic rings. The average Bonchev–Trinajstić information content (AvgIpc) is 2.67. The fourth-order valence-electron chi connectivity index (χ4n) is 2.46. The first-order valence-corrected chi connectivity index (χ1v) is 9.65. The zero-order valence-corrected chi connectivity index (χ0v) is 17.4. The fourth-order valence-corrected chi connectivity index (χ4v) is 2.46. The van der Waals surface area contributed by atoms with Crippen molar-refractivity contribution >= 4 is 17.6 Å². The van der Waals surface area contributed by atoms with Crippen LogP contribution in [0.2, 0.25) is 0 Å². The van der Waals surface area contributed by atoms with Gasteiger partial charge < -0.3 is 19.5 Å². The first kappa shape index (κ1) is 23.0. The summed E-state index contributed by atoms with van der Waals surface area (Å²) in [5.41, 5.74) is -0.131. The molecule has 0 saturated carbocycles. The van der Waals surface area contributed by atoms with Crippen LogP contribution in [0.5, 0.6) is 5.75 Å². The smallest absolute Gasteiger partial charge is 0.341 e. The van der Waals surface area contributed by atoms with Gasteiger partial charge in [0, 0.05) is 12.8 Å². The third-order valence-electron chi connectivity index (χ3n) is 4.57. The lowest BCUT2D eigenvalue weighted by Crippen LogP contribution is -2.42. The Hall–Kier alpha value is -2.08. The molecule has 6 nitrogen and oxygen atoms in total. The van der Waals surface area contributed by atoms with Crippen LogP contribution in [0.1, 0.15) is 70.7 Å². The molecule has 0 saturated heterocycles. The lowest BCUT2D eigenvalue weighted by atomic mass is 9.97. The number of methoxy groups -OCH3 is 1. The number of unbranched alkanes of at least 4 members (excludes halogenated alkanes) is 1. The number of ether oxygens (including phenoxy) is 3. The Kier molecular flexibility index (Phi) is 9.29. The molecule has 6 heteroatoms. The molecule has 0 fully saturated rings. The molecule has 1 aromatic carbocycles. The van der Waals surface area contributed by atoms with E-state index in [-0.39, 0.29) is 18.6 Å². The van der Waals surface area contributed by atoms with Gasteiger partial charge in [-0.25, -0.2) is 4.79 Å². The maximum Gasteiger partial charge on any atom is 0.341 e.